The first-order valence-electron chi connectivity index (χ1n) is 21.2. The number of nitrogens with one attached hydrogen (secondary N) is 1. The first kappa shape index (κ1) is 52.1. The lowest BCUT2D eigenvalue weighted by Crippen LogP contribution is -2.24. The summed E-state index contributed by atoms with van der Waals surface area (Å²) in [6.45, 7) is 11.7. The maximum absolute atomic E-state index is 13.1. The fraction of sp³-hybridized carbons (Fsp3) is 1.00. The molecule has 0 aliphatic carbocycles. The van der Waals surface area contributed by atoms with Crippen LogP contribution in [0.1, 0.15) is 169 Å². The summed E-state index contributed by atoms with van der Waals surface area (Å²) in [6.07, 6.45) is 21.3. The van der Waals surface area contributed by atoms with E-state index in [2.05, 4.69) is 32.8 Å². The maximum atomic E-state index is 13.1. The number of unbranched alkanes of at least 4 members (excludes halogenated alkanes) is 13. The lowest BCUT2D eigenvalue weighted by molar-refractivity contribution is -0.0252. The number of ether oxygens (including phenoxy) is 4. The molecule has 0 amide bonds. The van der Waals surface area contributed by atoms with Crippen LogP contribution in [0.25, 0.3) is 0 Å². The lowest BCUT2D eigenvalue weighted by Gasteiger charge is -2.24. The average molecular weight is 788 g/mol. The Balaban J connectivity index is 3.99. The normalized spacial score (nSPS) is 16.1. The van der Waals surface area contributed by atoms with Crippen LogP contribution in [-0.2, 0) is 32.6 Å². The van der Waals surface area contributed by atoms with Crippen molar-refractivity contribution in [1.82, 2.24) is 5.09 Å². The van der Waals surface area contributed by atoms with Gasteiger partial charge in [0.15, 0.2) is 0 Å². The second-order valence-corrected chi connectivity index (χ2v) is 18.8. The largest absolute Gasteiger partial charge is 0.388 e. The van der Waals surface area contributed by atoms with Crippen molar-refractivity contribution in [3.63, 3.8) is 0 Å². The van der Waals surface area contributed by atoms with Crippen molar-refractivity contribution in [2.45, 2.75) is 186 Å². The second-order valence-electron chi connectivity index (χ2n) is 14.4. The quantitative estimate of drug-likeness (QED) is 0.0346. The highest BCUT2D eigenvalue weighted by atomic mass is 31.2. The zero-order valence-electron chi connectivity index (χ0n) is 34.0. The second kappa shape index (κ2) is 36.7. The first-order chi connectivity index (χ1) is 25.1. The van der Waals surface area contributed by atoms with Gasteiger partial charge in [0.2, 0.25) is 0 Å². The Morgan fingerprint density at radius 3 is 1.37 bits per heavy atom. The highest BCUT2D eigenvalue weighted by Crippen LogP contribution is 2.51. The molecular formula is C39H83NO10P2. The zero-order chi connectivity index (χ0) is 38.6. The van der Waals surface area contributed by atoms with Crippen LogP contribution in [0.5, 0.6) is 0 Å². The molecule has 0 saturated carbocycles. The highest BCUT2D eigenvalue weighted by Gasteiger charge is 2.32. The van der Waals surface area contributed by atoms with Crippen molar-refractivity contribution in [3.05, 3.63) is 0 Å². The standard InChI is InChI=1S/C39H83NO10P2/c1-5-9-13-16-20-24-38(23-18-12-8-4)51(42,43)40-27-22-28-46-29-30-47-31-32-48-33-34-49-35-37(41)36-50-52(44,45)39(25-19-15-11-7-3)26-21-17-14-10-6-2/h37-39,41H,5-36H2,1-4H3,(H,44,45)(H2,40,42,43). The van der Waals surface area contributed by atoms with E-state index in [0.717, 1.165) is 89.9 Å². The molecule has 0 aromatic rings. The summed E-state index contributed by atoms with van der Waals surface area (Å²) in [7, 11) is -7.24. The van der Waals surface area contributed by atoms with Crippen LogP contribution in [0.15, 0.2) is 0 Å². The molecule has 0 saturated heterocycles. The van der Waals surface area contributed by atoms with Gasteiger partial charge in [-0.05, 0) is 32.1 Å². The van der Waals surface area contributed by atoms with Gasteiger partial charge >= 0.3 is 7.60 Å². The van der Waals surface area contributed by atoms with E-state index in [1.807, 2.05) is 0 Å². The van der Waals surface area contributed by atoms with Gasteiger partial charge in [0.1, 0.15) is 6.10 Å². The summed E-state index contributed by atoms with van der Waals surface area (Å²) in [5.74, 6) is 0. The van der Waals surface area contributed by atoms with E-state index in [0.29, 0.717) is 65.4 Å². The number of aliphatic hydroxyl groups excluding tert-OH is 1. The Hall–Kier alpha value is 0.1000. The topological polar surface area (TPSA) is 153 Å². The number of rotatable bonds is 42. The molecule has 0 bridgehead atoms. The molecule has 0 fully saturated rings. The van der Waals surface area contributed by atoms with E-state index in [9.17, 15) is 24.0 Å². The summed E-state index contributed by atoms with van der Waals surface area (Å²) >= 11 is 0. The summed E-state index contributed by atoms with van der Waals surface area (Å²) in [5, 5.41) is 13.2. The third-order valence-corrected chi connectivity index (χ3v) is 13.6. The molecule has 5 atom stereocenters. The van der Waals surface area contributed by atoms with Crippen molar-refractivity contribution in [2.24, 2.45) is 0 Å². The van der Waals surface area contributed by atoms with Crippen LogP contribution < -0.4 is 5.09 Å². The minimum atomic E-state index is -3.84. The van der Waals surface area contributed by atoms with Crippen molar-refractivity contribution in [3.8, 4) is 0 Å². The number of hydrogen-bond acceptors (Lipinski definition) is 8. The van der Waals surface area contributed by atoms with Crippen molar-refractivity contribution < 1.29 is 47.5 Å². The van der Waals surface area contributed by atoms with Crippen LogP contribution in [0.3, 0.4) is 0 Å². The maximum Gasteiger partial charge on any atom is 0.331 e. The molecule has 52 heavy (non-hydrogen) atoms. The Morgan fingerprint density at radius 2 is 0.865 bits per heavy atom. The van der Waals surface area contributed by atoms with E-state index in [1.54, 1.807) is 0 Å². The third-order valence-electron chi connectivity index (χ3n) is 9.45. The van der Waals surface area contributed by atoms with Crippen LogP contribution in [0, 0.1) is 0 Å². The van der Waals surface area contributed by atoms with Crippen LogP contribution >= 0.6 is 15.1 Å². The van der Waals surface area contributed by atoms with E-state index < -0.39 is 21.2 Å². The van der Waals surface area contributed by atoms with Gasteiger partial charge in [-0.1, -0.05) is 137 Å². The zero-order valence-corrected chi connectivity index (χ0v) is 35.7. The first-order valence-corrected chi connectivity index (χ1v) is 24.6. The molecule has 0 aliphatic rings. The molecule has 0 aliphatic heterocycles. The van der Waals surface area contributed by atoms with Gasteiger partial charge in [-0.25, -0.2) is 5.09 Å². The lowest BCUT2D eigenvalue weighted by atomic mass is 10.0. The molecule has 0 spiro atoms. The van der Waals surface area contributed by atoms with Gasteiger partial charge < -0.3 is 38.4 Å². The molecule has 0 heterocycles. The van der Waals surface area contributed by atoms with E-state index in [1.165, 1.54) is 32.1 Å². The average Bonchev–Trinajstić information content (AvgIpc) is 3.12. The Bertz CT molecular complexity index is 856. The van der Waals surface area contributed by atoms with Crippen molar-refractivity contribution in [2.75, 3.05) is 66.0 Å². The summed E-state index contributed by atoms with van der Waals surface area (Å²) in [4.78, 5) is 21.5. The monoisotopic (exact) mass is 788 g/mol. The molecule has 0 radical (unpaired) electrons. The summed E-state index contributed by atoms with van der Waals surface area (Å²) in [6, 6.07) is 0. The minimum absolute atomic E-state index is 0.000572. The third kappa shape index (κ3) is 31.3. The molecular weight excluding hydrogens is 704 g/mol. The molecule has 314 valence electrons. The highest BCUT2D eigenvalue weighted by molar-refractivity contribution is 7.56. The Kier molecular flexibility index (Phi) is 36.8. The van der Waals surface area contributed by atoms with Gasteiger partial charge in [-0.3, -0.25) is 9.13 Å². The van der Waals surface area contributed by atoms with Gasteiger partial charge in [-0.15, -0.1) is 0 Å². The minimum Gasteiger partial charge on any atom is -0.388 e. The van der Waals surface area contributed by atoms with Gasteiger partial charge in [0.25, 0.3) is 7.52 Å². The fourth-order valence-corrected chi connectivity index (χ4v) is 9.55. The predicted octanol–water partition coefficient (Wildman–Crippen LogP) is 9.79. The van der Waals surface area contributed by atoms with Crippen LogP contribution in [0.4, 0.5) is 0 Å². The van der Waals surface area contributed by atoms with Gasteiger partial charge in [-0.2, -0.15) is 0 Å². The summed E-state index contributed by atoms with van der Waals surface area (Å²) < 4.78 is 53.7. The fourth-order valence-electron chi connectivity index (χ4n) is 6.14. The molecule has 0 rings (SSSR count). The molecule has 4 N–H and O–H groups in total. The predicted molar refractivity (Wildman–Crippen MR) is 215 cm³/mol. The van der Waals surface area contributed by atoms with Crippen molar-refractivity contribution >= 4 is 15.1 Å². The molecule has 11 nitrogen and oxygen atoms in total. The smallest absolute Gasteiger partial charge is 0.331 e. The van der Waals surface area contributed by atoms with Crippen molar-refractivity contribution in [1.29, 1.82) is 0 Å². The number of aliphatic hydroxyl groups is 1. The van der Waals surface area contributed by atoms with Crippen LogP contribution in [-0.4, -0.2) is 98.3 Å². The molecule has 13 heteroatoms. The van der Waals surface area contributed by atoms with E-state index in [4.69, 9.17) is 23.5 Å². The molecule has 0 aromatic heterocycles. The summed E-state index contributed by atoms with van der Waals surface area (Å²) in [5.41, 5.74) is -0.550. The van der Waals surface area contributed by atoms with Crippen LogP contribution in [0.2, 0.25) is 0 Å². The van der Waals surface area contributed by atoms with Gasteiger partial charge in [0, 0.05) is 18.8 Å². The number of hydrogen-bond donors (Lipinski definition) is 4. The molecule has 0 aromatic carbocycles. The van der Waals surface area contributed by atoms with E-state index >= 15 is 0 Å². The SMILES string of the molecule is CCCCCCCC(CCCCC)P(=O)(O)NCCCOCCOCCOCCOCC(O)COP(=O)(O)C(CCCCCC)CCCCCCC. The molecule has 5 unspecified atom stereocenters. The van der Waals surface area contributed by atoms with Gasteiger partial charge in [0.05, 0.1) is 58.5 Å². The Labute approximate surface area is 319 Å². The van der Waals surface area contributed by atoms with E-state index in [-0.39, 0.29) is 31.1 Å². The Morgan fingerprint density at radius 1 is 0.481 bits per heavy atom.